The van der Waals surface area contributed by atoms with E-state index in [1.165, 1.54) is 0 Å². The highest BCUT2D eigenvalue weighted by atomic mass is 16.4. The van der Waals surface area contributed by atoms with E-state index in [2.05, 4.69) is 6.92 Å². The zero-order valence-corrected chi connectivity index (χ0v) is 12.2. The van der Waals surface area contributed by atoms with Crippen LogP contribution in [0, 0.1) is 17.8 Å². The molecular formula is C16H21NO3. The minimum atomic E-state index is -0.927. The number of hydrogen-bond donors (Lipinski definition) is 1. The number of benzene rings is 1. The quantitative estimate of drug-likeness (QED) is 0.922. The zero-order chi connectivity index (χ0) is 14.9. The number of amides is 1. The molecule has 1 aliphatic rings. The van der Waals surface area contributed by atoms with E-state index in [0.717, 1.165) is 17.7 Å². The molecule has 4 heteroatoms. The minimum Gasteiger partial charge on any atom is -0.481 e. The lowest BCUT2D eigenvalue weighted by atomic mass is 9.90. The number of carboxylic acids is 1. The van der Waals surface area contributed by atoms with Gasteiger partial charge in [-0.2, -0.15) is 0 Å². The highest BCUT2D eigenvalue weighted by Gasteiger charge is 2.33. The third-order valence-corrected chi connectivity index (χ3v) is 4.14. The van der Waals surface area contributed by atoms with Gasteiger partial charge in [-0.05, 0) is 24.0 Å². The molecule has 0 bridgehead atoms. The summed E-state index contributed by atoms with van der Waals surface area (Å²) in [6, 6.07) is 7.87. The molecule has 3 unspecified atom stereocenters. The second-order valence-electron chi connectivity index (χ2n) is 5.80. The Kier molecular flexibility index (Phi) is 4.12. The molecule has 3 atom stereocenters. The smallest absolute Gasteiger partial charge is 0.307 e. The predicted octanol–water partition coefficient (Wildman–Crippen LogP) is 2.57. The zero-order valence-electron chi connectivity index (χ0n) is 12.2. The van der Waals surface area contributed by atoms with Crippen molar-refractivity contribution >= 4 is 17.6 Å². The van der Waals surface area contributed by atoms with E-state index < -0.39 is 17.8 Å². The molecule has 20 heavy (non-hydrogen) atoms. The Morgan fingerprint density at radius 3 is 2.55 bits per heavy atom. The molecule has 0 spiro atoms. The molecule has 1 N–H and O–H groups in total. The Bertz CT molecular complexity index is 526. The third kappa shape index (κ3) is 2.69. The summed E-state index contributed by atoms with van der Waals surface area (Å²) in [5, 5.41) is 9.08. The molecule has 1 amide bonds. The summed E-state index contributed by atoms with van der Waals surface area (Å²) in [5.74, 6) is -1.83. The van der Waals surface area contributed by atoms with Crippen molar-refractivity contribution in [1.29, 1.82) is 0 Å². The van der Waals surface area contributed by atoms with Gasteiger partial charge in [-0.25, -0.2) is 0 Å². The van der Waals surface area contributed by atoms with Gasteiger partial charge in [-0.3, -0.25) is 9.59 Å². The second-order valence-corrected chi connectivity index (χ2v) is 5.80. The SMILES string of the molecule is CC1Cc2ccccc2N(C(=O)C(C)C(C)C(=O)O)C1. The number of carbonyl (C=O) groups is 2. The highest BCUT2D eigenvalue weighted by Crippen LogP contribution is 2.31. The normalized spacial score (nSPS) is 20.9. The first-order chi connectivity index (χ1) is 9.41. The van der Waals surface area contributed by atoms with Crippen LogP contribution in [0.2, 0.25) is 0 Å². The topological polar surface area (TPSA) is 57.6 Å². The number of fused-ring (bicyclic) bond motifs is 1. The molecule has 1 aromatic carbocycles. The Hall–Kier alpha value is -1.84. The van der Waals surface area contributed by atoms with Crippen molar-refractivity contribution in [3.63, 3.8) is 0 Å². The Morgan fingerprint density at radius 2 is 1.90 bits per heavy atom. The van der Waals surface area contributed by atoms with Gasteiger partial charge in [0.05, 0.1) is 5.92 Å². The fourth-order valence-electron chi connectivity index (χ4n) is 2.68. The summed E-state index contributed by atoms with van der Waals surface area (Å²) in [6.07, 6.45) is 0.961. The number of rotatable bonds is 3. The van der Waals surface area contributed by atoms with Gasteiger partial charge in [0.1, 0.15) is 0 Å². The summed E-state index contributed by atoms with van der Waals surface area (Å²) in [4.78, 5) is 25.4. The van der Waals surface area contributed by atoms with Crippen LogP contribution in [-0.2, 0) is 16.0 Å². The van der Waals surface area contributed by atoms with Gasteiger partial charge in [0.15, 0.2) is 0 Å². The van der Waals surface area contributed by atoms with Crippen LogP contribution in [0.1, 0.15) is 26.3 Å². The molecule has 0 saturated heterocycles. The largest absolute Gasteiger partial charge is 0.481 e. The molecule has 0 aromatic heterocycles. The van der Waals surface area contributed by atoms with E-state index in [-0.39, 0.29) is 5.91 Å². The lowest BCUT2D eigenvalue weighted by molar-refractivity contribution is -0.145. The monoisotopic (exact) mass is 275 g/mol. The van der Waals surface area contributed by atoms with Crippen LogP contribution in [0.15, 0.2) is 24.3 Å². The number of para-hydroxylation sites is 1. The van der Waals surface area contributed by atoms with Crippen molar-refractivity contribution in [3.05, 3.63) is 29.8 Å². The van der Waals surface area contributed by atoms with Crippen LogP contribution in [0.5, 0.6) is 0 Å². The van der Waals surface area contributed by atoms with Crippen molar-refractivity contribution in [2.45, 2.75) is 27.2 Å². The summed E-state index contributed by atoms with van der Waals surface area (Å²) in [5.41, 5.74) is 2.09. The van der Waals surface area contributed by atoms with Crippen molar-refractivity contribution in [2.75, 3.05) is 11.4 Å². The number of aliphatic carboxylic acids is 1. The molecule has 0 aliphatic carbocycles. The van der Waals surface area contributed by atoms with Gasteiger partial charge in [0, 0.05) is 18.2 Å². The van der Waals surface area contributed by atoms with Crippen molar-refractivity contribution in [2.24, 2.45) is 17.8 Å². The van der Waals surface area contributed by atoms with Crippen molar-refractivity contribution in [3.8, 4) is 0 Å². The second kappa shape index (κ2) is 5.65. The highest BCUT2D eigenvalue weighted by molar-refractivity contribution is 5.98. The van der Waals surface area contributed by atoms with Crippen LogP contribution in [-0.4, -0.2) is 23.5 Å². The molecular weight excluding hydrogens is 254 g/mol. The summed E-state index contributed by atoms with van der Waals surface area (Å²) in [6.45, 7) is 6.06. The molecule has 4 nitrogen and oxygen atoms in total. The third-order valence-electron chi connectivity index (χ3n) is 4.14. The van der Waals surface area contributed by atoms with Gasteiger partial charge in [-0.1, -0.05) is 39.0 Å². The Balaban J connectivity index is 2.28. The molecule has 1 aromatic rings. The maximum Gasteiger partial charge on any atom is 0.307 e. The molecule has 1 aliphatic heterocycles. The molecule has 0 fully saturated rings. The van der Waals surface area contributed by atoms with Crippen LogP contribution in [0.3, 0.4) is 0 Å². The molecule has 108 valence electrons. The van der Waals surface area contributed by atoms with Crippen molar-refractivity contribution in [1.82, 2.24) is 0 Å². The van der Waals surface area contributed by atoms with Gasteiger partial charge < -0.3 is 10.0 Å². The lowest BCUT2D eigenvalue weighted by Gasteiger charge is -2.35. The summed E-state index contributed by atoms with van der Waals surface area (Å²) in [7, 11) is 0. The van der Waals surface area contributed by atoms with Crippen LogP contribution in [0.25, 0.3) is 0 Å². The summed E-state index contributed by atoms with van der Waals surface area (Å²) >= 11 is 0. The lowest BCUT2D eigenvalue weighted by Crippen LogP contribution is -2.44. The van der Waals surface area contributed by atoms with Crippen molar-refractivity contribution < 1.29 is 14.7 Å². The van der Waals surface area contributed by atoms with Gasteiger partial charge in [-0.15, -0.1) is 0 Å². The fourth-order valence-corrected chi connectivity index (χ4v) is 2.68. The number of hydrogen-bond acceptors (Lipinski definition) is 2. The van der Waals surface area contributed by atoms with Crippen LogP contribution in [0.4, 0.5) is 5.69 Å². The minimum absolute atomic E-state index is 0.0982. The van der Waals surface area contributed by atoms with Crippen LogP contribution >= 0.6 is 0 Å². The van der Waals surface area contributed by atoms with Crippen LogP contribution < -0.4 is 4.90 Å². The Labute approximate surface area is 119 Å². The first-order valence-electron chi connectivity index (χ1n) is 7.04. The predicted molar refractivity (Wildman–Crippen MR) is 77.6 cm³/mol. The number of anilines is 1. The van der Waals surface area contributed by atoms with E-state index in [9.17, 15) is 9.59 Å². The maximum atomic E-state index is 12.6. The van der Waals surface area contributed by atoms with E-state index in [1.54, 1.807) is 18.7 Å². The van der Waals surface area contributed by atoms with Gasteiger partial charge in [0.2, 0.25) is 5.91 Å². The molecule has 0 saturated carbocycles. The standard InChI is InChI=1S/C16H21NO3/c1-10-8-13-6-4-5-7-14(13)17(9-10)15(18)11(2)12(3)16(19)20/h4-7,10-12H,8-9H2,1-3H3,(H,19,20). The number of carboxylic acid groups (broad SMARTS) is 1. The van der Waals surface area contributed by atoms with Gasteiger partial charge >= 0.3 is 5.97 Å². The first kappa shape index (κ1) is 14.6. The molecule has 1 heterocycles. The molecule has 2 rings (SSSR count). The number of nitrogens with zero attached hydrogens (tertiary/aromatic N) is 1. The molecule has 0 radical (unpaired) electrons. The average Bonchev–Trinajstić information content (AvgIpc) is 2.43. The first-order valence-corrected chi connectivity index (χ1v) is 7.04. The fraction of sp³-hybridized carbons (Fsp3) is 0.500. The van der Waals surface area contributed by atoms with E-state index in [0.29, 0.717) is 12.5 Å². The number of carbonyl (C=O) groups excluding carboxylic acids is 1. The average molecular weight is 275 g/mol. The Morgan fingerprint density at radius 1 is 1.25 bits per heavy atom. The van der Waals surface area contributed by atoms with E-state index in [1.807, 2.05) is 24.3 Å². The maximum absolute atomic E-state index is 12.6. The van der Waals surface area contributed by atoms with E-state index >= 15 is 0 Å². The van der Waals surface area contributed by atoms with E-state index in [4.69, 9.17) is 5.11 Å². The van der Waals surface area contributed by atoms with Gasteiger partial charge in [0.25, 0.3) is 0 Å². The summed E-state index contributed by atoms with van der Waals surface area (Å²) < 4.78 is 0.